The zero-order valence-electron chi connectivity index (χ0n) is 9.19. The van der Waals surface area contributed by atoms with Crippen molar-refractivity contribution in [2.24, 2.45) is 5.92 Å². The minimum Gasteiger partial charge on any atom is -0.495 e. The van der Waals surface area contributed by atoms with Crippen LogP contribution in [0.5, 0.6) is 5.75 Å². The number of nitrogens with one attached hydrogen (secondary N) is 1. The number of hydrogen-bond donors (Lipinski definition) is 2. The van der Waals surface area contributed by atoms with Crippen LogP contribution in [0.15, 0.2) is 18.2 Å². The van der Waals surface area contributed by atoms with E-state index in [1.165, 1.54) is 0 Å². The summed E-state index contributed by atoms with van der Waals surface area (Å²) in [4.78, 5) is 11.7. The molecule has 3 nitrogen and oxygen atoms in total. The average molecular weight is 237 g/mol. The number of anilines is 1. The molecule has 1 aromatic carbocycles. The van der Waals surface area contributed by atoms with Crippen molar-refractivity contribution in [2.75, 3.05) is 12.4 Å². The molecule has 4 heteroatoms. The van der Waals surface area contributed by atoms with Gasteiger partial charge in [0, 0.05) is 11.7 Å². The molecule has 1 aliphatic rings. The first-order chi connectivity index (χ1) is 7.74. The molecule has 0 spiro atoms. The number of ether oxygens (including phenoxy) is 1. The zero-order valence-corrected chi connectivity index (χ0v) is 10.1. The molecule has 0 heterocycles. The molecule has 0 bridgehead atoms. The number of carbonyl (C=O) groups is 1. The van der Waals surface area contributed by atoms with Gasteiger partial charge in [0.25, 0.3) is 0 Å². The van der Waals surface area contributed by atoms with E-state index in [1.807, 2.05) is 18.2 Å². The summed E-state index contributed by atoms with van der Waals surface area (Å²) in [5, 5.41) is 2.90. The van der Waals surface area contributed by atoms with E-state index in [2.05, 4.69) is 17.9 Å². The summed E-state index contributed by atoms with van der Waals surface area (Å²) < 4.78 is 5.21. The van der Waals surface area contributed by atoms with Crippen LogP contribution in [-0.4, -0.2) is 13.0 Å². The van der Waals surface area contributed by atoms with Crippen LogP contribution in [0.3, 0.4) is 0 Å². The Hall–Kier alpha value is -1.16. The molecule has 16 heavy (non-hydrogen) atoms. The lowest BCUT2D eigenvalue weighted by Crippen LogP contribution is -2.14. The Morgan fingerprint density at radius 3 is 2.88 bits per heavy atom. The molecule has 1 aliphatic carbocycles. The van der Waals surface area contributed by atoms with Crippen molar-refractivity contribution in [3.8, 4) is 5.75 Å². The van der Waals surface area contributed by atoms with E-state index >= 15 is 0 Å². The van der Waals surface area contributed by atoms with Gasteiger partial charge >= 0.3 is 0 Å². The predicted molar refractivity (Wildman–Crippen MR) is 67.0 cm³/mol. The maximum absolute atomic E-state index is 11.7. The Morgan fingerprint density at radius 2 is 2.31 bits per heavy atom. The van der Waals surface area contributed by atoms with Gasteiger partial charge in [0.2, 0.25) is 5.91 Å². The fourth-order valence-electron chi connectivity index (χ4n) is 1.53. The minimum absolute atomic E-state index is 0.0922. The Kier molecular flexibility index (Phi) is 3.39. The Balaban J connectivity index is 2.18. The number of benzene rings is 1. The highest BCUT2D eigenvalue weighted by atomic mass is 32.1. The van der Waals surface area contributed by atoms with E-state index in [9.17, 15) is 4.79 Å². The largest absolute Gasteiger partial charge is 0.495 e. The van der Waals surface area contributed by atoms with Crippen LogP contribution in [-0.2, 0) is 10.5 Å². The SMILES string of the molecule is COc1ccc(CS)cc1NC(=O)C1CC1. The molecule has 86 valence electrons. The third kappa shape index (κ3) is 2.50. The lowest BCUT2D eigenvalue weighted by molar-refractivity contribution is -0.117. The molecule has 0 saturated heterocycles. The summed E-state index contributed by atoms with van der Waals surface area (Å²) in [6, 6.07) is 5.71. The molecule has 1 aromatic rings. The van der Waals surface area contributed by atoms with Gasteiger partial charge in [-0.2, -0.15) is 12.6 Å². The summed E-state index contributed by atoms with van der Waals surface area (Å²) in [5.74, 6) is 1.63. The molecule has 0 unspecified atom stereocenters. The molecule has 1 fully saturated rings. The quantitative estimate of drug-likeness (QED) is 0.790. The molecular formula is C12H15NO2S. The van der Waals surface area contributed by atoms with E-state index < -0.39 is 0 Å². The summed E-state index contributed by atoms with van der Waals surface area (Å²) >= 11 is 4.21. The van der Waals surface area contributed by atoms with Crippen molar-refractivity contribution in [3.05, 3.63) is 23.8 Å². The van der Waals surface area contributed by atoms with Gasteiger partial charge in [0.15, 0.2) is 0 Å². The number of thiol groups is 1. The van der Waals surface area contributed by atoms with Gasteiger partial charge in [-0.3, -0.25) is 4.79 Å². The summed E-state index contributed by atoms with van der Waals surface area (Å²) in [6.07, 6.45) is 2.00. The molecule has 2 rings (SSSR count). The first-order valence-corrected chi connectivity index (χ1v) is 5.96. The highest BCUT2D eigenvalue weighted by molar-refractivity contribution is 7.79. The lowest BCUT2D eigenvalue weighted by atomic mass is 10.2. The highest BCUT2D eigenvalue weighted by Gasteiger charge is 2.30. The molecule has 0 radical (unpaired) electrons. The molecule has 1 N–H and O–H groups in total. The molecular weight excluding hydrogens is 222 g/mol. The number of carbonyl (C=O) groups excluding carboxylic acids is 1. The van der Waals surface area contributed by atoms with Crippen LogP contribution >= 0.6 is 12.6 Å². The van der Waals surface area contributed by atoms with E-state index in [1.54, 1.807) is 7.11 Å². The van der Waals surface area contributed by atoms with Gasteiger partial charge < -0.3 is 10.1 Å². The number of amides is 1. The first-order valence-electron chi connectivity index (χ1n) is 5.33. The molecule has 0 aliphatic heterocycles. The smallest absolute Gasteiger partial charge is 0.227 e. The van der Waals surface area contributed by atoms with Gasteiger partial charge in [0.1, 0.15) is 5.75 Å². The second-order valence-electron chi connectivity index (χ2n) is 3.96. The Bertz CT molecular complexity index is 402. The van der Waals surface area contributed by atoms with Crippen LogP contribution in [0.25, 0.3) is 0 Å². The fourth-order valence-corrected chi connectivity index (χ4v) is 1.73. The minimum atomic E-state index is 0.0922. The van der Waals surface area contributed by atoms with Crippen LogP contribution < -0.4 is 10.1 Å². The number of methoxy groups -OCH3 is 1. The highest BCUT2D eigenvalue weighted by Crippen LogP contribution is 2.32. The van der Waals surface area contributed by atoms with Crippen LogP contribution in [0.2, 0.25) is 0 Å². The Labute approximate surface area is 101 Å². The van der Waals surface area contributed by atoms with Crippen molar-refractivity contribution in [3.63, 3.8) is 0 Å². The van der Waals surface area contributed by atoms with E-state index in [0.29, 0.717) is 11.5 Å². The second kappa shape index (κ2) is 4.78. The van der Waals surface area contributed by atoms with Crippen molar-refractivity contribution in [2.45, 2.75) is 18.6 Å². The van der Waals surface area contributed by atoms with Crippen molar-refractivity contribution >= 4 is 24.2 Å². The lowest BCUT2D eigenvalue weighted by Gasteiger charge is -2.11. The third-order valence-electron chi connectivity index (χ3n) is 2.65. The third-order valence-corrected chi connectivity index (χ3v) is 3.02. The predicted octanol–water partition coefficient (Wildman–Crippen LogP) is 2.47. The van der Waals surface area contributed by atoms with E-state index in [4.69, 9.17) is 4.74 Å². The van der Waals surface area contributed by atoms with Gasteiger partial charge in [-0.05, 0) is 30.5 Å². The summed E-state index contributed by atoms with van der Waals surface area (Å²) in [7, 11) is 1.60. The molecule has 0 atom stereocenters. The van der Waals surface area contributed by atoms with Gasteiger partial charge in [-0.15, -0.1) is 0 Å². The van der Waals surface area contributed by atoms with Crippen molar-refractivity contribution in [1.29, 1.82) is 0 Å². The standard InChI is InChI=1S/C12H15NO2S/c1-15-11-5-2-8(7-16)6-10(11)13-12(14)9-3-4-9/h2,5-6,9,16H,3-4,7H2,1H3,(H,13,14). The molecule has 1 amide bonds. The van der Waals surface area contributed by atoms with Gasteiger partial charge in [-0.1, -0.05) is 6.07 Å². The maximum Gasteiger partial charge on any atom is 0.227 e. The van der Waals surface area contributed by atoms with Crippen molar-refractivity contribution in [1.82, 2.24) is 0 Å². The maximum atomic E-state index is 11.7. The van der Waals surface area contributed by atoms with Gasteiger partial charge in [-0.25, -0.2) is 0 Å². The van der Waals surface area contributed by atoms with Gasteiger partial charge in [0.05, 0.1) is 12.8 Å². The molecule has 0 aromatic heterocycles. The van der Waals surface area contributed by atoms with E-state index in [-0.39, 0.29) is 11.8 Å². The summed E-state index contributed by atoms with van der Waals surface area (Å²) in [5.41, 5.74) is 1.81. The first kappa shape index (κ1) is 11.3. The molecule has 1 saturated carbocycles. The second-order valence-corrected chi connectivity index (χ2v) is 4.27. The van der Waals surface area contributed by atoms with Crippen LogP contribution in [0.4, 0.5) is 5.69 Å². The summed E-state index contributed by atoms with van der Waals surface area (Å²) in [6.45, 7) is 0. The van der Waals surface area contributed by atoms with Crippen molar-refractivity contribution < 1.29 is 9.53 Å². The van der Waals surface area contributed by atoms with E-state index in [0.717, 1.165) is 24.1 Å². The van der Waals surface area contributed by atoms with Crippen LogP contribution in [0.1, 0.15) is 18.4 Å². The topological polar surface area (TPSA) is 38.3 Å². The Morgan fingerprint density at radius 1 is 1.56 bits per heavy atom. The number of rotatable bonds is 4. The van der Waals surface area contributed by atoms with Crippen LogP contribution in [0, 0.1) is 5.92 Å². The zero-order chi connectivity index (χ0) is 11.5. The normalized spacial score (nSPS) is 14.6. The number of hydrogen-bond acceptors (Lipinski definition) is 3. The average Bonchev–Trinajstić information content (AvgIpc) is 3.12. The fraction of sp³-hybridized carbons (Fsp3) is 0.417. The monoisotopic (exact) mass is 237 g/mol.